The average molecular weight is 448 g/mol. The quantitative estimate of drug-likeness (QED) is 0.364. The highest BCUT2D eigenvalue weighted by Gasteiger charge is 2.37. The van der Waals surface area contributed by atoms with Gasteiger partial charge in [0.2, 0.25) is 0 Å². The highest BCUT2D eigenvalue weighted by Crippen LogP contribution is 2.45. The van der Waals surface area contributed by atoms with Crippen molar-refractivity contribution in [1.82, 2.24) is 25.4 Å². The highest BCUT2D eigenvalue weighted by atomic mass is 127. The summed E-state index contributed by atoms with van der Waals surface area (Å²) < 4.78 is 2.03. The van der Waals surface area contributed by atoms with Crippen LogP contribution in [0.25, 0.3) is 0 Å². The lowest BCUT2D eigenvalue weighted by Crippen LogP contribution is -2.47. The van der Waals surface area contributed by atoms with Crippen molar-refractivity contribution in [2.75, 3.05) is 13.1 Å². The summed E-state index contributed by atoms with van der Waals surface area (Å²) in [6.45, 7) is 12.1. The minimum Gasteiger partial charge on any atom is -0.357 e. The number of halogens is 1. The molecule has 0 aliphatic heterocycles. The average Bonchev–Trinajstić information content (AvgIpc) is 2.94. The van der Waals surface area contributed by atoms with Crippen LogP contribution in [0, 0.1) is 11.3 Å². The number of aliphatic imine (C=N–C) groups is 1. The lowest BCUT2D eigenvalue weighted by atomic mass is 9.64. The van der Waals surface area contributed by atoms with Crippen LogP contribution in [0.15, 0.2) is 11.3 Å². The number of rotatable bonds is 8. The van der Waals surface area contributed by atoms with Crippen LogP contribution in [0.5, 0.6) is 0 Å². The zero-order valence-electron chi connectivity index (χ0n) is 15.5. The van der Waals surface area contributed by atoms with E-state index in [1.165, 1.54) is 25.7 Å². The zero-order chi connectivity index (χ0) is 16.7. The molecule has 1 aliphatic carbocycles. The first kappa shape index (κ1) is 21.2. The van der Waals surface area contributed by atoms with Crippen molar-refractivity contribution in [2.24, 2.45) is 16.3 Å². The van der Waals surface area contributed by atoms with Crippen LogP contribution >= 0.6 is 24.0 Å². The summed E-state index contributed by atoms with van der Waals surface area (Å²) >= 11 is 0. The number of aryl methyl sites for hydroxylation is 1. The monoisotopic (exact) mass is 448 g/mol. The lowest BCUT2D eigenvalue weighted by Gasteiger charge is -2.43. The topological polar surface area (TPSA) is 67.1 Å². The Kier molecular flexibility index (Phi) is 9.01. The van der Waals surface area contributed by atoms with E-state index >= 15 is 0 Å². The van der Waals surface area contributed by atoms with Crippen molar-refractivity contribution >= 4 is 29.9 Å². The third kappa shape index (κ3) is 5.89. The molecule has 0 saturated heterocycles. The molecule has 6 nitrogen and oxygen atoms in total. The van der Waals surface area contributed by atoms with Gasteiger partial charge >= 0.3 is 0 Å². The predicted molar refractivity (Wildman–Crippen MR) is 110 cm³/mol. The Balaban J connectivity index is 0.00000288. The fourth-order valence-electron chi connectivity index (χ4n) is 3.42. The smallest absolute Gasteiger partial charge is 0.191 e. The van der Waals surface area contributed by atoms with Gasteiger partial charge in [0.15, 0.2) is 11.8 Å². The van der Waals surface area contributed by atoms with E-state index in [4.69, 9.17) is 0 Å². The predicted octanol–water partition coefficient (Wildman–Crippen LogP) is 3.19. The molecule has 138 valence electrons. The summed E-state index contributed by atoms with van der Waals surface area (Å²) in [5, 5.41) is 15.0. The Morgan fingerprint density at radius 2 is 2.08 bits per heavy atom. The number of aromatic nitrogens is 3. The summed E-state index contributed by atoms with van der Waals surface area (Å²) in [6, 6.07) is 0. The van der Waals surface area contributed by atoms with Gasteiger partial charge in [0, 0.05) is 19.6 Å². The van der Waals surface area contributed by atoms with Crippen molar-refractivity contribution in [3.63, 3.8) is 0 Å². The first-order valence-corrected chi connectivity index (χ1v) is 8.97. The lowest BCUT2D eigenvalue weighted by molar-refractivity contribution is 0.104. The molecule has 2 N–H and O–H groups in total. The van der Waals surface area contributed by atoms with Crippen molar-refractivity contribution in [1.29, 1.82) is 0 Å². The van der Waals surface area contributed by atoms with Gasteiger partial charge in [-0.2, -0.15) is 0 Å². The van der Waals surface area contributed by atoms with Gasteiger partial charge in [0.05, 0.1) is 0 Å². The maximum atomic E-state index is 4.68. The molecule has 24 heavy (non-hydrogen) atoms. The molecule has 1 fully saturated rings. The molecule has 2 rings (SSSR count). The molecule has 0 unspecified atom stereocenters. The van der Waals surface area contributed by atoms with E-state index in [-0.39, 0.29) is 24.0 Å². The number of nitrogens with one attached hydrogen (secondary N) is 2. The molecule has 0 aromatic carbocycles. The molecular formula is C17H33IN6. The Hall–Kier alpha value is -0.860. The van der Waals surface area contributed by atoms with Crippen LogP contribution in [-0.4, -0.2) is 33.8 Å². The van der Waals surface area contributed by atoms with Gasteiger partial charge in [0.1, 0.15) is 12.9 Å². The second-order valence-electron chi connectivity index (χ2n) is 7.03. The Morgan fingerprint density at radius 3 is 2.62 bits per heavy atom. The summed E-state index contributed by atoms with van der Waals surface area (Å²) in [5.41, 5.74) is 0.466. The van der Waals surface area contributed by atoms with Crippen LogP contribution in [0.3, 0.4) is 0 Å². The van der Waals surface area contributed by atoms with Crippen LogP contribution in [0.1, 0.15) is 59.2 Å². The minimum absolute atomic E-state index is 0. The molecule has 1 aromatic heterocycles. The van der Waals surface area contributed by atoms with Crippen molar-refractivity contribution < 1.29 is 0 Å². The molecule has 0 bridgehead atoms. The summed E-state index contributed by atoms with van der Waals surface area (Å²) in [4.78, 5) is 4.68. The van der Waals surface area contributed by atoms with Crippen LogP contribution in [-0.2, 0) is 13.1 Å². The first-order chi connectivity index (χ1) is 11.1. The van der Waals surface area contributed by atoms with Crippen LogP contribution < -0.4 is 10.6 Å². The molecule has 1 aromatic rings. The van der Waals surface area contributed by atoms with Gasteiger partial charge in [-0.05, 0) is 44.4 Å². The van der Waals surface area contributed by atoms with Gasteiger partial charge in [-0.3, -0.25) is 0 Å². The van der Waals surface area contributed by atoms with E-state index in [1.54, 1.807) is 6.33 Å². The Bertz CT molecular complexity index is 507. The first-order valence-electron chi connectivity index (χ1n) is 8.97. The van der Waals surface area contributed by atoms with E-state index < -0.39 is 0 Å². The van der Waals surface area contributed by atoms with E-state index in [2.05, 4.69) is 53.5 Å². The largest absolute Gasteiger partial charge is 0.357 e. The van der Waals surface area contributed by atoms with E-state index in [0.29, 0.717) is 12.0 Å². The van der Waals surface area contributed by atoms with Gasteiger partial charge in [-0.15, -0.1) is 34.2 Å². The molecule has 0 amide bonds. The summed E-state index contributed by atoms with van der Waals surface area (Å²) in [6.07, 6.45) is 7.09. The fourth-order valence-corrected chi connectivity index (χ4v) is 3.42. The minimum atomic E-state index is 0. The zero-order valence-corrected chi connectivity index (χ0v) is 17.8. The van der Waals surface area contributed by atoms with Gasteiger partial charge in [0.25, 0.3) is 0 Å². The van der Waals surface area contributed by atoms with Gasteiger partial charge in [-0.25, -0.2) is 4.99 Å². The summed E-state index contributed by atoms with van der Waals surface area (Å²) in [7, 11) is 0. The number of nitrogens with zero attached hydrogens (tertiary/aromatic N) is 4. The third-order valence-electron chi connectivity index (χ3n) is 4.65. The second-order valence-corrected chi connectivity index (χ2v) is 7.03. The number of hydrogen-bond donors (Lipinski definition) is 2. The molecule has 1 heterocycles. The highest BCUT2D eigenvalue weighted by molar-refractivity contribution is 14.0. The molecule has 0 atom stereocenters. The molecule has 1 saturated carbocycles. The van der Waals surface area contributed by atoms with Crippen molar-refractivity contribution in [2.45, 2.75) is 66.5 Å². The molecule has 0 radical (unpaired) electrons. The maximum absolute atomic E-state index is 4.68. The molecule has 1 aliphatic rings. The van der Waals surface area contributed by atoms with Crippen molar-refractivity contribution in [3.05, 3.63) is 12.2 Å². The SMILES string of the molecule is CCNC(=NCc1nncn1CC)NCC1(CC(C)C)CCC1.I. The summed E-state index contributed by atoms with van der Waals surface area (Å²) in [5.74, 6) is 2.54. The third-order valence-corrected chi connectivity index (χ3v) is 4.65. The molecule has 0 spiro atoms. The number of guanidine groups is 1. The van der Waals surface area contributed by atoms with Crippen LogP contribution in [0.4, 0.5) is 0 Å². The second kappa shape index (κ2) is 10.2. The fraction of sp³-hybridized carbons (Fsp3) is 0.824. The normalized spacial score (nSPS) is 16.5. The van der Waals surface area contributed by atoms with Crippen molar-refractivity contribution in [3.8, 4) is 0 Å². The van der Waals surface area contributed by atoms with Crippen LogP contribution in [0.2, 0.25) is 0 Å². The number of hydrogen-bond acceptors (Lipinski definition) is 3. The Labute approximate surface area is 163 Å². The van der Waals surface area contributed by atoms with E-state index in [9.17, 15) is 0 Å². The van der Waals surface area contributed by atoms with Gasteiger partial charge < -0.3 is 15.2 Å². The van der Waals surface area contributed by atoms with E-state index in [0.717, 1.165) is 37.3 Å². The van der Waals surface area contributed by atoms with E-state index in [1.807, 2.05) is 4.57 Å². The Morgan fingerprint density at radius 1 is 1.33 bits per heavy atom. The molecular weight excluding hydrogens is 415 g/mol. The van der Waals surface area contributed by atoms with Gasteiger partial charge in [-0.1, -0.05) is 20.3 Å². The molecule has 7 heteroatoms. The maximum Gasteiger partial charge on any atom is 0.191 e. The standard InChI is InChI=1S/C17H32N6.HI/c1-5-18-16(19-11-15-22-21-13-23(15)6-2)20-12-17(8-7-9-17)10-14(3)4;/h13-14H,5-12H2,1-4H3,(H2,18,19,20);1H.